The Morgan fingerprint density at radius 2 is 2.00 bits per heavy atom. The monoisotopic (exact) mass is 313 g/mol. The molecule has 1 aromatic carbocycles. The average Bonchev–Trinajstić information content (AvgIpc) is 2.48. The highest BCUT2D eigenvalue weighted by Crippen LogP contribution is 2.26. The van der Waals surface area contributed by atoms with Crippen LogP contribution >= 0.6 is 11.6 Å². The molecule has 0 bridgehead atoms. The number of amides is 1. The van der Waals surface area contributed by atoms with Crippen molar-refractivity contribution in [1.29, 1.82) is 0 Å². The summed E-state index contributed by atoms with van der Waals surface area (Å²) in [6, 6.07) is 4.75. The molecule has 0 unspecified atom stereocenters. The van der Waals surface area contributed by atoms with Crippen LogP contribution in [0.4, 0.5) is 4.79 Å². The lowest BCUT2D eigenvalue weighted by atomic mass is 10.1. The Hall–Kier alpha value is -1.95. The van der Waals surface area contributed by atoms with Crippen molar-refractivity contribution in [2.24, 2.45) is 0 Å². The molecule has 0 atom stereocenters. The number of rotatable bonds is 3. The van der Waals surface area contributed by atoms with Crippen molar-refractivity contribution >= 4 is 23.7 Å². The SMILES string of the molecule is COC(=O)c1cc(Cl)ccc1OC1CCN(C(=O)O)CC1. The zero-order valence-electron chi connectivity index (χ0n) is 11.5. The topological polar surface area (TPSA) is 76.1 Å². The van der Waals surface area contributed by atoms with Gasteiger partial charge in [0.25, 0.3) is 0 Å². The molecule has 0 saturated carbocycles. The Kier molecular flexibility index (Phi) is 4.90. The van der Waals surface area contributed by atoms with E-state index in [9.17, 15) is 9.59 Å². The zero-order chi connectivity index (χ0) is 15.4. The number of likely N-dealkylation sites (tertiary alicyclic amines) is 1. The third-order valence-electron chi connectivity index (χ3n) is 3.35. The minimum Gasteiger partial charge on any atom is -0.489 e. The lowest BCUT2D eigenvalue weighted by Gasteiger charge is -2.30. The molecule has 1 heterocycles. The zero-order valence-corrected chi connectivity index (χ0v) is 12.3. The van der Waals surface area contributed by atoms with Gasteiger partial charge in [0.2, 0.25) is 0 Å². The van der Waals surface area contributed by atoms with Crippen LogP contribution in [0, 0.1) is 0 Å². The quantitative estimate of drug-likeness (QED) is 0.868. The van der Waals surface area contributed by atoms with Crippen LogP contribution in [0.25, 0.3) is 0 Å². The van der Waals surface area contributed by atoms with E-state index in [-0.39, 0.29) is 11.7 Å². The summed E-state index contributed by atoms with van der Waals surface area (Å²) in [5.74, 6) is -0.115. The van der Waals surface area contributed by atoms with Crippen LogP contribution in [0.15, 0.2) is 18.2 Å². The molecule has 1 amide bonds. The minimum atomic E-state index is -0.921. The molecule has 1 fully saturated rings. The van der Waals surface area contributed by atoms with E-state index in [1.54, 1.807) is 12.1 Å². The Bertz CT molecular complexity index is 540. The predicted octanol–water partition coefficient (Wildman–Crippen LogP) is 2.65. The first-order valence-corrected chi connectivity index (χ1v) is 6.91. The standard InChI is InChI=1S/C14H16ClNO5/c1-20-13(17)11-8-9(15)2-3-12(11)21-10-4-6-16(7-5-10)14(18)19/h2-3,8,10H,4-7H2,1H3,(H,18,19). The molecule has 7 heteroatoms. The molecule has 1 aliphatic rings. The van der Waals surface area contributed by atoms with Crippen LogP contribution in [-0.2, 0) is 4.74 Å². The highest BCUT2D eigenvalue weighted by atomic mass is 35.5. The molecule has 1 saturated heterocycles. The van der Waals surface area contributed by atoms with E-state index in [1.807, 2.05) is 0 Å². The number of esters is 1. The van der Waals surface area contributed by atoms with Gasteiger partial charge in [0.15, 0.2) is 0 Å². The third kappa shape index (κ3) is 3.78. The number of carbonyl (C=O) groups excluding carboxylic acids is 1. The van der Waals surface area contributed by atoms with Gasteiger partial charge in [-0.2, -0.15) is 0 Å². The van der Waals surface area contributed by atoms with Gasteiger partial charge in [0, 0.05) is 31.0 Å². The second kappa shape index (κ2) is 6.67. The molecule has 21 heavy (non-hydrogen) atoms. The van der Waals surface area contributed by atoms with Crippen molar-refractivity contribution in [3.05, 3.63) is 28.8 Å². The van der Waals surface area contributed by atoms with Gasteiger partial charge in [-0.25, -0.2) is 9.59 Å². The molecular weight excluding hydrogens is 298 g/mol. The number of hydrogen-bond donors (Lipinski definition) is 1. The summed E-state index contributed by atoms with van der Waals surface area (Å²) < 4.78 is 10.5. The maximum absolute atomic E-state index is 11.7. The van der Waals surface area contributed by atoms with Crippen LogP contribution in [0.3, 0.4) is 0 Å². The number of carboxylic acid groups (broad SMARTS) is 1. The molecule has 1 N–H and O–H groups in total. The number of benzene rings is 1. The second-order valence-corrected chi connectivity index (χ2v) is 5.16. The summed E-state index contributed by atoms with van der Waals surface area (Å²) in [4.78, 5) is 23.9. The molecule has 1 aromatic rings. The molecule has 0 spiro atoms. The van der Waals surface area contributed by atoms with Crippen LogP contribution < -0.4 is 4.74 Å². The van der Waals surface area contributed by atoms with Crippen molar-refractivity contribution in [1.82, 2.24) is 4.90 Å². The summed E-state index contributed by atoms with van der Waals surface area (Å²) in [6.07, 6.45) is 0.103. The summed E-state index contributed by atoms with van der Waals surface area (Å²) in [7, 11) is 1.29. The highest BCUT2D eigenvalue weighted by molar-refractivity contribution is 6.31. The van der Waals surface area contributed by atoms with E-state index in [2.05, 4.69) is 0 Å². The van der Waals surface area contributed by atoms with E-state index in [1.165, 1.54) is 18.1 Å². The van der Waals surface area contributed by atoms with E-state index >= 15 is 0 Å². The minimum absolute atomic E-state index is 0.134. The summed E-state index contributed by atoms with van der Waals surface area (Å²) >= 11 is 5.88. The van der Waals surface area contributed by atoms with Crippen molar-refractivity contribution in [3.63, 3.8) is 0 Å². The van der Waals surface area contributed by atoms with Gasteiger partial charge < -0.3 is 19.5 Å². The smallest absolute Gasteiger partial charge is 0.407 e. The van der Waals surface area contributed by atoms with Crippen molar-refractivity contribution in [2.75, 3.05) is 20.2 Å². The van der Waals surface area contributed by atoms with E-state index in [4.69, 9.17) is 26.2 Å². The van der Waals surface area contributed by atoms with Gasteiger partial charge in [-0.15, -0.1) is 0 Å². The largest absolute Gasteiger partial charge is 0.489 e. The highest BCUT2D eigenvalue weighted by Gasteiger charge is 2.25. The number of halogens is 1. The molecule has 0 radical (unpaired) electrons. The van der Waals surface area contributed by atoms with Crippen LogP contribution in [0.5, 0.6) is 5.75 Å². The molecule has 6 nitrogen and oxygen atoms in total. The number of nitrogens with zero attached hydrogens (tertiary/aromatic N) is 1. The van der Waals surface area contributed by atoms with E-state index < -0.39 is 12.1 Å². The number of carbonyl (C=O) groups is 2. The van der Waals surface area contributed by atoms with Gasteiger partial charge in [-0.3, -0.25) is 0 Å². The fraction of sp³-hybridized carbons (Fsp3) is 0.429. The Morgan fingerprint density at radius 3 is 2.57 bits per heavy atom. The first-order valence-electron chi connectivity index (χ1n) is 6.53. The van der Waals surface area contributed by atoms with Gasteiger partial charge in [0.05, 0.1) is 7.11 Å². The van der Waals surface area contributed by atoms with Crippen LogP contribution in [-0.4, -0.2) is 48.4 Å². The average molecular weight is 314 g/mol. The first-order chi connectivity index (χ1) is 10.0. The summed E-state index contributed by atoms with van der Waals surface area (Å²) in [5, 5.41) is 9.32. The van der Waals surface area contributed by atoms with E-state index in [0.717, 1.165) is 0 Å². The maximum atomic E-state index is 11.7. The molecule has 0 aromatic heterocycles. The lowest BCUT2D eigenvalue weighted by Crippen LogP contribution is -2.41. The number of ether oxygens (including phenoxy) is 2. The van der Waals surface area contributed by atoms with Crippen LogP contribution in [0.2, 0.25) is 5.02 Å². The molecule has 2 rings (SSSR count). The Morgan fingerprint density at radius 1 is 1.33 bits per heavy atom. The molecule has 0 aliphatic carbocycles. The maximum Gasteiger partial charge on any atom is 0.407 e. The van der Waals surface area contributed by atoms with Crippen molar-refractivity contribution in [3.8, 4) is 5.75 Å². The van der Waals surface area contributed by atoms with Gasteiger partial charge in [-0.05, 0) is 18.2 Å². The first kappa shape index (κ1) is 15.4. The van der Waals surface area contributed by atoms with Crippen molar-refractivity contribution < 1.29 is 24.2 Å². The second-order valence-electron chi connectivity index (χ2n) is 4.72. The van der Waals surface area contributed by atoms with Gasteiger partial charge in [-0.1, -0.05) is 11.6 Å². The Balaban J connectivity index is 2.07. The third-order valence-corrected chi connectivity index (χ3v) is 3.59. The molecular formula is C14H16ClNO5. The number of hydrogen-bond acceptors (Lipinski definition) is 4. The fourth-order valence-electron chi connectivity index (χ4n) is 2.22. The van der Waals surface area contributed by atoms with E-state index in [0.29, 0.717) is 36.7 Å². The fourth-order valence-corrected chi connectivity index (χ4v) is 2.39. The number of methoxy groups -OCH3 is 1. The van der Waals surface area contributed by atoms with Crippen LogP contribution in [0.1, 0.15) is 23.2 Å². The van der Waals surface area contributed by atoms with Crippen molar-refractivity contribution in [2.45, 2.75) is 18.9 Å². The normalized spacial score (nSPS) is 15.6. The predicted molar refractivity (Wildman–Crippen MR) is 76.0 cm³/mol. The number of piperidine rings is 1. The molecule has 1 aliphatic heterocycles. The Labute approximate surface area is 127 Å². The van der Waals surface area contributed by atoms with Gasteiger partial charge in [0.1, 0.15) is 17.4 Å². The lowest BCUT2D eigenvalue weighted by molar-refractivity contribution is 0.0585. The molecule has 114 valence electrons. The van der Waals surface area contributed by atoms with Gasteiger partial charge >= 0.3 is 12.1 Å². The summed E-state index contributed by atoms with van der Waals surface area (Å²) in [6.45, 7) is 0.836. The summed E-state index contributed by atoms with van der Waals surface area (Å²) in [5.41, 5.74) is 0.269.